The van der Waals surface area contributed by atoms with Crippen molar-refractivity contribution in [2.75, 3.05) is 7.11 Å². The second kappa shape index (κ2) is 7.00. The Balaban J connectivity index is 1.68. The van der Waals surface area contributed by atoms with Gasteiger partial charge in [-0.3, -0.25) is 9.78 Å². The molecule has 4 rings (SSSR count). The lowest BCUT2D eigenvalue weighted by Gasteiger charge is -2.37. The van der Waals surface area contributed by atoms with Crippen molar-refractivity contribution in [1.29, 1.82) is 0 Å². The van der Waals surface area contributed by atoms with Crippen LogP contribution in [0.25, 0.3) is 0 Å². The van der Waals surface area contributed by atoms with Gasteiger partial charge in [-0.05, 0) is 17.7 Å². The van der Waals surface area contributed by atoms with Gasteiger partial charge in [0.1, 0.15) is 11.6 Å². The Kier molecular flexibility index (Phi) is 4.39. The van der Waals surface area contributed by atoms with E-state index >= 15 is 0 Å². The van der Waals surface area contributed by atoms with Gasteiger partial charge in [-0.25, -0.2) is 4.98 Å². The summed E-state index contributed by atoms with van der Waals surface area (Å²) >= 11 is 0. The molecule has 0 unspecified atom stereocenters. The molecule has 0 spiro atoms. The third-order valence-corrected chi connectivity index (χ3v) is 4.76. The third-order valence-electron chi connectivity index (χ3n) is 4.76. The van der Waals surface area contributed by atoms with Crippen LogP contribution in [-0.2, 0) is 24.3 Å². The Morgan fingerprint density at radius 2 is 2.12 bits per heavy atom. The van der Waals surface area contributed by atoms with Crippen LogP contribution in [0.2, 0.25) is 0 Å². The predicted molar refractivity (Wildman–Crippen MR) is 96.5 cm³/mol. The molecule has 2 aromatic heterocycles. The summed E-state index contributed by atoms with van der Waals surface area (Å²) in [5.41, 5.74) is 1.92. The molecule has 3 aromatic rings. The second-order valence-electron chi connectivity index (χ2n) is 6.31. The SMILES string of the molecule is COc1ccccc1[C@H]1Cn2ccnc2CN1C(=O)Cc1cccnc1. The number of ether oxygens (including phenoxy) is 1. The lowest BCUT2D eigenvalue weighted by Crippen LogP contribution is -2.42. The van der Waals surface area contributed by atoms with Crippen LogP contribution in [-0.4, -0.2) is 32.5 Å². The van der Waals surface area contributed by atoms with E-state index in [1.54, 1.807) is 25.7 Å². The summed E-state index contributed by atoms with van der Waals surface area (Å²) in [6.07, 6.45) is 7.51. The highest BCUT2D eigenvalue weighted by molar-refractivity contribution is 5.79. The first kappa shape index (κ1) is 16.3. The Morgan fingerprint density at radius 3 is 2.92 bits per heavy atom. The fourth-order valence-electron chi connectivity index (χ4n) is 3.45. The number of carbonyl (C=O) groups excluding carboxylic acids is 1. The number of hydrogen-bond donors (Lipinski definition) is 0. The summed E-state index contributed by atoms with van der Waals surface area (Å²) in [5.74, 6) is 1.75. The molecular formula is C20H20N4O2. The fraction of sp³-hybridized carbons (Fsp3) is 0.250. The van der Waals surface area contributed by atoms with Crippen molar-refractivity contribution in [1.82, 2.24) is 19.4 Å². The normalized spacial score (nSPS) is 16.2. The van der Waals surface area contributed by atoms with E-state index in [9.17, 15) is 4.79 Å². The lowest BCUT2D eigenvalue weighted by atomic mass is 10.0. The van der Waals surface area contributed by atoms with Crippen LogP contribution in [0.5, 0.6) is 5.75 Å². The molecule has 0 N–H and O–H groups in total. The molecule has 1 aliphatic heterocycles. The Labute approximate surface area is 152 Å². The molecule has 0 saturated carbocycles. The minimum Gasteiger partial charge on any atom is -0.496 e. The van der Waals surface area contributed by atoms with E-state index in [2.05, 4.69) is 14.5 Å². The van der Waals surface area contributed by atoms with Crippen LogP contribution in [0.15, 0.2) is 61.2 Å². The second-order valence-corrected chi connectivity index (χ2v) is 6.31. The number of methoxy groups -OCH3 is 1. The van der Waals surface area contributed by atoms with E-state index in [0.717, 1.165) is 22.7 Å². The quantitative estimate of drug-likeness (QED) is 0.727. The number of pyridine rings is 1. The van der Waals surface area contributed by atoms with Crippen LogP contribution in [0.4, 0.5) is 0 Å². The van der Waals surface area contributed by atoms with E-state index in [1.807, 2.05) is 47.5 Å². The Bertz CT molecular complexity index is 907. The summed E-state index contributed by atoms with van der Waals surface area (Å²) in [6.45, 7) is 1.14. The van der Waals surface area contributed by atoms with Gasteiger partial charge < -0.3 is 14.2 Å². The van der Waals surface area contributed by atoms with Crippen molar-refractivity contribution in [3.8, 4) is 5.75 Å². The molecule has 1 amide bonds. The molecule has 1 aliphatic rings. The molecule has 0 bridgehead atoms. The van der Waals surface area contributed by atoms with Crippen molar-refractivity contribution in [2.24, 2.45) is 0 Å². The number of imidazole rings is 1. The zero-order chi connectivity index (χ0) is 17.9. The molecule has 1 aromatic carbocycles. The smallest absolute Gasteiger partial charge is 0.228 e. The number of benzene rings is 1. The zero-order valence-corrected chi connectivity index (χ0v) is 14.6. The Hall–Kier alpha value is -3.15. The number of carbonyl (C=O) groups is 1. The molecule has 132 valence electrons. The number of aromatic nitrogens is 3. The molecule has 1 atom stereocenters. The van der Waals surface area contributed by atoms with Crippen molar-refractivity contribution in [2.45, 2.75) is 25.6 Å². The van der Waals surface area contributed by atoms with Crippen LogP contribution in [0.1, 0.15) is 23.0 Å². The summed E-state index contributed by atoms with van der Waals surface area (Å²) in [4.78, 5) is 23.5. The largest absolute Gasteiger partial charge is 0.496 e. The van der Waals surface area contributed by atoms with E-state index in [4.69, 9.17) is 4.74 Å². The summed E-state index contributed by atoms with van der Waals surface area (Å²) < 4.78 is 7.64. The molecule has 26 heavy (non-hydrogen) atoms. The fourth-order valence-corrected chi connectivity index (χ4v) is 3.45. The number of fused-ring (bicyclic) bond motifs is 1. The van der Waals surface area contributed by atoms with Gasteiger partial charge >= 0.3 is 0 Å². The summed E-state index contributed by atoms with van der Waals surface area (Å²) in [6, 6.07) is 11.5. The summed E-state index contributed by atoms with van der Waals surface area (Å²) in [7, 11) is 1.66. The monoisotopic (exact) mass is 348 g/mol. The molecule has 0 fully saturated rings. The average molecular weight is 348 g/mol. The molecular weight excluding hydrogens is 328 g/mol. The van der Waals surface area contributed by atoms with Gasteiger partial charge in [0.25, 0.3) is 0 Å². The van der Waals surface area contributed by atoms with Gasteiger partial charge in [0.15, 0.2) is 0 Å². The van der Waals surface area contributed by atoms with Crippen molar-refractivity contribution in [3.05, 3.63) is 78.1 Å². The van der Waals surface area contributed by atoms with E-state index < -0.39 is 0 Å². The average Bonchev–Trinajstić information content (AvgIpc) is 3.15. The molecule has 3 heterocycles. The summed E-state index contributed by atoms with van der Waals surface area (Å²) in [5, 5.41) is 0. The number of nitrogens with zero attached hydrogens (tertiary/aromatic N) is 4. The highest BCUT2D eigenvalue weighted by Crippen LogP contribution is 2.34. The first-order valence-corrected chi connectivity index (χ1v) is 8.57. The van der Waals surface area contributed by atoms with Gasteiger partial charge in [0.05, 0.1) is 26.1 Å². The first-order valence-electron chi connectivity index (χ1n) is 8.57. The van der Waals surface area contributed by atoms with Gasteiger partial charge in [0, 0.05) is 36.9 Å². The Morgan fingerprint density at radius 1 is 1.23 bits per heavy atom. The zero-order valence-electron chi connectivity index (χ0n) is 14.6. The van der Waals surface area contributed by atoms with E-state index in [-0.39, 0.29) is 11.9 Å². The lowest BCUT2D eigenvalue weighted by molar-refractivity contribution is -0.135. The van der Waals surface area contributed by atoms with Crippen LogP contribution in [0, 0.1) is 0 Å². The highest BCUT2D eigenvalue weighted by atomic mass is 16.5. The van der Waals surface area contributed by atoms with Crippen LogP contribution < -0.4 is 4.74 Å². The standard InChI is InChI=1S/C20H20N4O2/c1-26-18-7-3-2-6-16(18)17-13-23-10-9-22-19(23)14-24(17)20(25)11-15-5-4-8-21-12-15/h2-10,12,17H,11,13-14H2,1H3/t17-/m1/s1. The molecule has 0 radical (unpaired) electrons. The number of rotatable bonds is 4. The van der Waals surface area contributed by atoms with E-state index in [0.29, 0.717) is 19.5 Å². The molecule has 0 saturated heterocycles. The highest BCUT2D eigenvalue weighted by Gasteiger charge is 2.32. The topological polar surface area (TPSA) is 60.2 Å². The molecule has 0 aliphatic carbocycles. The van der Waals surface area contributed by atoms with Gasteiger partial charge in [-0.2, -0.15) is 0 Å². The van der Waals surface area contributed by atoms with Crippen molar-refractivity contribution >= 4 is 5.91 Å². The number of para-hydroxylation sites is 1. The molecule has 6 nitrogen and oxygen atoms in total. The first-order chi connectivity index (χ1) is 12.8. The van der Waals surface area contributed by atoms with Crippen molar-refractivity contribution in [3.63, 3.8) is 0 Å². The number of amides is 1. The van der Waals surface area contributed by atoms with Gasteiger partial charge in [-0.15, -0.1) is 0 Å². The third kappa shape index (κ3) is 3.06. The van der Waals surface area contributed by atoms with E-state index in [1.165, 1.54) is 0 Å². The van der Waals surface area contributed by atoms with Crippen LogP contribution in [0.3, 0.4) is 0 Å². The number of hydrogen-bond acceptors (Lipinski definition) is 4. The minimum absolute atomic E-state index is 0.0585. The predicted octanol–water partition coefficient (Wildman–Crippen LogP) is 2.61. The minimum atomic E-state index is -0.1000. The van der Waals surface area contributed by atoms with Crippen molar-refractivity contribution < 1.29 is 9.53 Å². The maximum Gasteiger partial charge on any atom is 0.228 e. The maximum absolute atomic E-state index is 13.1. The maximum atomic E-state index is 13.1. The van der Waals surface area contributed by atoms with Crippen LogP contribution >= 0.6 is 0 Å². The van der Waals surface area contributed by atoms with Gasteiger partial charge in [0.2, 0.25) is 5.91 Å². The molecule has 6 heteroatoms. The van der Waals surface area contributed by atoms with Gasteiger partial charge in [-0.1, -0.05) is 24.3 Å².